The summed E-state index contributed by atoms with van der Waals surface area (Å²) in [6.45, 7) is 0. The fourth-order valence-corrected chi connectivity index (χ4v) is 2.52. The molecule has 106 valence electrons. The van der Waals surface area contributed by atoms with E-state index in [1.54, 1.807) is 12.1 Å². The van der Waals surface area contributed by atoms with E-state index < -0.39 is 5.97 Å². The fourth-order valence-electron chi connectivity index (χ4n) is 2.52. The molecule has 3 heteroatoms. The first-order valence-corrected chi connectivity index (χ1v) is 7.00. The molecule has 0 unspecified atom stereocenters. The molecule has 0 atom stereocenters. The molecule has 0 saturated heterocycles. The van der Waals surface area contributed by atoms with Crippen LogP contribution in [-0.2, 0) is 0 Å². The van der Waals surface area contributed by atoms with Gasteiger partial charge >= 0.3 is 5.97 Å². The summed E-state index contributed by atoms with van der Waals surface area (Å²) in [7, 11) is 0. The van der Waals surface area contributed by atoms with Crippen LogP contribution in [-0.4, -0.2) is 5.97 Å². The minimum Gasteiger partial charge on any atom is -0.449 e. The van der Waals surface area contributed by atoms with E-state index in [4.69, 9.17) is 9.15 Å². The highest BCUT2D eigenvalue weighted by Gasteiger charge is 2.15. The van der Waals surface area contributed by atoms with Gasteiger partial charge in [0.25, 0.3) is 0 Å². The van der Waals surface area contributed by atoms with Gasteiger partial charge in [0.2, 0.25) is 5.76 Å². The van der Waals surface area contributed by atoms with E-state index in [1.807, 2.05) is 60.7 Å². The molecule has 0 N–H and O–H groups in total. The SMILES string of the molecule is O=C(Oc1cccc2ccccc12)c1cc2ccccc2o1. The monoisotopic (exact) mass is 288 g/mol. The van der Waals surface area contributed by atoms with Crippen molar-refractivity contribution < 1.29 is 13.9 Å². The van der Waals surface area contributed by atoms with Crippen LogP contribution in [0.4, 0.5) is 0 Å². The molecule has 4 aromatic rings. The summed E-state index contributed by atoms with van der Waals surface area (Å²) < 4.78 is 11.1. The molecule has 0 aliphatic carbocycles. The largest absolute Gasteiger partial charge is 0.449 e. The van der Waals surface area contributed by atoms with Crippen LogP contribution in [0.5, 0.6) is 5.75 Å². The lowest BCUT2D eigenvalue weighted by atomic mass is 10.1. The Morgan fingerprint density at radius 2 is 1.55 bits per heavy atom. The first-order chi connectivity index (χ1) is 10.8. The molecular weight excluding hydrogens is 276 g/mol. The van der Waals surface area contributed by atoms with Gasteiger partial charge in [-0.1, -0.05) is 54.6 Å². The summed E-state index contributed by atoms with van der Waals surface area (Å²) in [6, 6.07) is 22.6. The smallest absolute Gasteiger partial charge is 0.379 e. The van der Waals surface area contributed by atoms with Crippen LogP contribution < -0.4 is 4.74 Å². The lowest BCUT2D eigenvalue weighted by Gasteiger charge is -2.06. The Morgan fingerprint density at radius 3 is 2.41 bits per heavy atom. The third kappa shape index (κ3) is 2.13. The third-order valence-corrected chi connectivity index (χ3v) is 3.58. The maximum Gasteiger partial charge on any atom is 0.379 e. The van der Waals surface area contributed by atoms with Crippen molar-refractivity contribution in [3.05, 3.63) is 78.6 Å². The average molecular weight is 288 g/mol. The van der Waals surface area contributed by atoms with Crippen molar-refractivity contribution in [3.8, 4) is 5.75 Å². The first kappa shape index (κ1) is 12.7. The Hall–Kier alpha value is -3.07. The molecule has 22 heavy (non-hydrogen) atoms. The number of benzene rings is 3. The maximum atomic E-state index is 12.3. The lowest BCUT2D eigenvalue weighted by Crippen LogP contribution is -2.07. The predicted octanol–water partition coefficient (Wildman–Crippen LogP) is 4.81. The van der Waals surface area contributed by atoms with E-state index in [9.17, 15) is 4.79 Å². The summed E-state index contributed by atoms with van der Waals surface area (Å²) >= 11 is 0. The van der Waals surface area contributed by atoms with E-state index in [0.717, 1.165) is 16.2 Å². The number of carbonyl (C=O) groups is 1. The van der Waals surface area contributed by atoms with Crippen molar-refractivity contribution >= 4 is 27.7 Å². The number of hydrogen-bond donors (Lipinski definition) is 0. The van der Waals surface area contributed by atoms with Gasteiger partial charge in [0.15, 0.2) is 0 Å². The number of esters is 1. The van der Waals surface area contributed by atoms with E-state index in [2.05, 4.69) is 0 Å². The highest BCUT2D eigenvalue weighted by Crippen LogP contribution is 2.27. The number of ether oxygens (including phenoxy) is 1. The number of rotatable bonds is 2. The lowest BCUT2D eigenvalue weighted by molar-refractivity contribution is 0.0706. The van der Waals surface area contributed by atoms with Gasteiger partial charge in [-0.3, -0.25) is 0 Å². The number of furan rings is 1. The standard InChI is InChI=1S/C19H12O3/c20-19(18-12-14-7-2-4-10-16(14)21-18)22-17-11-5-8-13-6-1-3-9-15(13)17/h1-12H. The Morgan fingerprint density at radius 1 is 0.818 bits per heavy atom. The van der Waals surface area contributed by atoms with Crippen LogP contribution in [0.15, 0.2) is 77.2 Å². The van der Waals surface area contributed by atoms with Gasteiger partial charge in [-0.2, -0.15) is 0 Å². The zero-order valence-corrected chi connectivity index (χ0v) is 11.7. The van der Waals surface area contributed by atoms with E-state index >= 15 is 0 Å². The molecule has 0 amide bonds. The summed E-state index contributed by atoms with van der Waals surface area (Å²) in [5, 5.41) is 2.80. The molecule has 1 heterocycles. The molecule has 4 rings (SSSR count). The van der Waals surface area contributed by atoms with Crippen LogP contribution in [0.1, 0.15) is 10.6 Å². The van der Waals surface area contributed by atoms with Crippen molar-refractivity contribution in [1.82, 2.24) is 0 Å². The van der Waals surface area contributed by atoms with Gasteiger partial charge in [-0.25, -0.2) is 4.79 Å². The maximum absolute atomic E-state index is 12.3. The first-order valence-electron chi connectivity index (χ1n) is 7.00. The summed E-state index contributed by atoms with van der Waals surface area (Å²) in [6.07, 6.45) is 0. The van der Waals surface area contributed by atoms with Gasteiger partial charge < -0.3 is 9.15 Å². The average Bonchev–Trinajstić information content (AvgIpc) is 2.99. The Bertz CT molecular complexity index is 944. The highest BCUT2D eigenvalue weighted by molar-refractivity contribution is 5.96. The predicted molar refractivity (Wildman–Crippen MR) is 85.1 cm³/mol. The fraction of sp³-hybridized carbons (Fsp3) is 0. The minimum atomic E-state index is -0.493. The van der Waals surface area contributed by atoms with Crippen LogP contribution in [0.25, 0.3) is 21.7 Å². The molecule has 3 aromatic carbocycles. The molecule has 0 bridgehead atoms. The summed E-state index contributed by atoms with van der Waals surface area (Å²) in [5.41, 5.74) is 0.673. The zero-order chi connectivity index (χ0) is 14.9. The van der Waals surface area contributed by atoms with Gasteiger partial charge in [0.05, 0.1) is 0 Å². The van der Waals surface area contributed by atoms with Crippen LogP contribution in [0, 0.1) is 0 Å². The molecule has 0 aliphatic rings. The van der Waals surface area contributed by atoms with Crippen LogP contribution in [0.3, 0.4) is 0 Å². The number of carbonyl (C=O) groups excluding carboxylic acids is 1. The zero-order valence-electron chi connectivity index (χ0n) is 11.7. The van der Waals surface area contributed by atoms with E-state index in [-0.39, 0.29) is 5.76 Å². The van der Waals surface area contributed by atoms with E-state index in [1.165, 1.54) is 0 Å². The van der Waals surface area contributed by atoms with Crippen molar-refractivity contribution in [3.63, 3.8) is 0 Å². The molecule has 3 nitrogen and oxygen atoms in total. The van der Waals surface area contributed by atoms with Crippen LogP contribution >= 0.6 is 0 Å². The van der Waals surface area contributed by atoms with Gasteiger partial charge in [0, 0.05) is 10.8 Å². The van der Waals surface area contributed by atoms with E-state index in [0.29, 0.717) is 11.3 Å². The highest BCUT2D eigenvalue weighted by atomic mass is 16.5. The molecular formula is C19H12O3. The van der Waals surface area contributed by atoms with Crippen molar-refractivity contribution in [2.75, 3.05) is 0 Å². The second-order valence-corrected chi connectivity index (χ2v) is 5.02. The third-order valence-electron chi connectivity index (χ3n) is 3.58. The van der Waals surface area contributed by atoms with Gasteiger partial charge in [0.1, 0.15) is 11.3 Å². The van der Waals surface area contributed by atoms with Gasteiger partial charge in [-0.15, -0.1) is 0 Å². The second-order valence-electron chi connectivity index (χ2n) is 5.02. The van der Waals surface area contributed by atoms with Crippen molar-refractivity contribution in [2.45, 2.75) is 0 Å². The molecule has 0 aliphatic heterocycles. The Kier molecular flexibility index (Phi) is 2.90. The topological polar surface area (TPSA) is 39.4 Å². The number of para-hydroxylation sites is 1. The normalized spacial score (nSPS) is 10.9. The Labute approximate surface area is 126 Å². The van der Waals surface area contributed by atoms with Gasteiger partial charge in [-0.05, 0) is 23.6 Å². The minimum absolute atomic E-state index is 0.203. The molecule has 0 saturated carbocycles. The molecule has 0 spiro atoms. The van der Waals surface area contributed by atoms with Crippen LogP contribution in [0.2, 0.25) is 0 Å². The second kappa shape index (κ2) is 5.04. The van der Waals surface area contributed by atoms with Crippen molar-refractivity contribution in [2.24, 2.45) is 0 Å². The number of fused-ring (bicyclic) bond motifs is 2. The quantitative estimate of drug-likeness (QED) is 0.392. The molecule has 0 fully saturated rings. The Balaban J connectivity index is 1.71. The number of hydrogen-bond acceptors (Lipinski definition) is 3. The summed E-state index contributed by atoms with van der Waals surface area (Å²) in [5.74, 6) is 0.241. The molecule has 0 radical (unpaired) electrons. The molecule has 1 aromatic heterocycles. The summed E-state index contributed by atoms with van der Waals surface area (Å²) in [4.78, 5) is 12.3. The van der Waals surface area contributed by atoms with Crippen molar-refractivity contribution in [1.29, 1.82) is 0 Å².